The van der Waals surface area contributed by atoms with Crippen LogP contribution in [0.4, 0.5) is 11.4 Å². The molecule has 0 aliphatic rings. The van der Waals surface area contributed by atoms with Crippen LogP contribution >= 0.6 is 0 Å². The molecule has 0 aromatic heterocycles. The summed E-state index contributed by atoms with van der Waals surface area (Å²) in [7, 11) is -4.57. The maximum Gasteiger partial charge on any atom is 0.294 e. The van der Waals surface area contributed by atoms with Crippen molar-refractivity contribution in [1.82, 2.24) is 0 Å². The lowest BCUT2D eigenvalue weighted by atomic mass is 10.1. The van der Waals surface area contributed by atoms with Gasteiger partial charge in [0.2, 0.25) is 0 Å². The number of non-ortho nitro benzene ring substituents is 1. The maximum absolute atomic E-state index is 12.5. The zero-order valence-corrected chi connectivity index (χ0v) is 14.3. The molecule has 3 aromatic rings. The minimum atomic E-state index is -4.57. The van der Waals surface area contributed by atoms with Crippen LogP contribution in [0, 0.1) is 10.1 Å². The highest BCUT2D eigenvalue weighted by molar-refractivity contribution is 7.85. The number of hydrogen-bond donors (Lipinski definition) is 3. The second-order valence-corrected chi connectivity index (χ2v) is 7.00. The summed E-state index contributed by atoms with van der Waals surface area (Å²) in [4.78, 5) is 22.2. The first-order valence-electron chi connectivity index (χ1n) is 7.46. The van der Waals surface area contributed by atoms with Crippen molar-refractivity contribution in [2.45, 2.75) is 4.90 Å². The number of benzene rings is 3. The largest absolute Gasteiger partial charge is 0.507 e. The molecule has 0 unspecified atom stereocenters. The number of nitro groups is 1. The topological polar surface area (TPSA) is 147 Å². The Morgan fingerprint density at radius 3 is 2.44 bits per heavy atom. The quantitative estimate of drug-likeness (QED) is 0.354. The Morgan fingerprint density at radius 2 is 1.78 bits per heavy atom. The smallest absolute Gasteiger partial charge is 0.294 e. The van der Waals surface area contributed by atoms with E-state index in [0.29, 0.717) is 0 Å². The van der Waals surface area contributed by atoms with Crippen LogP contribution in [0.2, 0.25) is 0 Å². The Bertz CT molecular complexity index is 1190. The SMILES string of the molecule is O=C(Nc1cc(S(=O)(=O)O)cc2cccc(O)c12)c1cccc([N+](=O)[O-])c1. The molecule has 0 aliphatic heterocycles. The molecule has 0 bridgehead atoms. The van der Waals surface area contributed by atoms with E-state index in [2.05, 4.69) is 5.32 Å². The van der Waals surface area contributed by atoms with Gasteiger partial charge in [-0.15, -0.1) is 0 Å². The van der Waals surface area contributed by atoms with E-state index < -0.39 is 25.8 Å². The van der Waals surface area contributed by atoms with Gasteiger partial charge in [-0.05, 0) is 29.7 Å². The van der Waals surface area contributed by atoms with E-state index in [1.807, 2.05) is 0 Å². The number of nitrogens with one attached hydrogen (secondary N) is 1. The van der Waals surface area contributed by atoms with Crippen LogP contribution in [0.15, 0.2) is 59.5 Å². The van der Waals surface area contributed by atoms with Gasteiger partial charge in [-0.1, -0.05) is 18.2 Å². The zero-order valence-electron chi connectivity index (χ0n) is 13.5. The Hall–Kier alpha value is -3.50. The van der Waals surface area contributed by atoms with Crippen LogP contribution in [0.5, 0.6) is 5.75 Å². The molecule has 9 nitrogen and oxygen atoms in total. The average molecular weight is 388 g/mol. The van der Waals surface area contributed by atoms with E-state index in [4.69, 9.17) is 0 Å². The Labute approximate surface area is 152 Å². The van der Waals surface area contributed by atoms with Crippen LogP contribution in [-0.4, -0.2) is 28.9 Å². The molecule has 3 N–H and O–H groups in total. The first-order valence-corrected chi connectivity index (χ1v) is 8.90. The molecular weight excluding hydrogens is 376 g/mol. The minimum Gasteiger partial charge on any atom is -0.507 e. The van der Waals surface area contributed by atoms with Gasteiger partial charge in [0.05, 0.1) is 15.5 Å². The molecule has 3 aromatic carbocycles. The lowest BCUT2D eigenvalue weighted by Crippen LogP contribution is -2.13. The van der Waals surface area contributed by atoms with Gasteiger partial charge in [0.25, 0.3) is 21.7 Å². The van der Waals surface area contributed by atoms with Crippen LogP contribution in [-0.2, 0) is 10.1 Å². The highest BCUT2D eigenvalue weighted by Gasteiger charge is 2.18. The fraction of sp³-hybridized carbons (Fsp3) is 0. The van der Waals surface area contributed by atoms with E-state index in [1.165, 1.54) is 36.4 Å². The summed E-state index contributed by atoms with van der Waals surface area (Å²) in [6.45, 7) is 0. The molecule has 0 atom stereocenters. The van der Waals surface area contributed by atoms with Gasteiger partial charge in [0.15, 0.2) is 0 Å². The van der Waals surface area contributed by atoms with Crippen LogP contribution < -0.4 is 5.32 Å². The summed E-state index contributed by atoms with van der Waals surface area (Å²) in [6, 6.07) is 11.4. The summed E-state index contributed by atoms with van der Waals surface area (Å²) in [5.74, 6) is -0.973. The molecule has 3 rings (SSSR count). The second-order valence-electron chi connectivity index (χ2n) is 5.58. The molecule has 1 amide bonds. The molecule has 0 saturated heterocycles. The van der Waals surface area contributed by atoms with E-state index in [1.54, 1.807) is 0 Å². The predicted octanol–water partition coefficient (Wildman–Crippen LogP) is 2.95. The van der Waals surface area contributed by atoms with Crippen molar-refractivity contribution in [1.29, 1.82) is 0 Å². The van der Waals surface area contributed by atoms with Crippen molar-refractivity contribution in [3.63, 3.8) is 0 Å². The third-order valence-corrected chi connectivity index (χ3v) is 4.63. The number of nitrogens with zero attached hydrogens (tertiary/aromatic N) is 1. The molecule has 0 radical (unpaired) electrons. The highest BCUT2D eigenvalue weighted by Crippen LogP contribution is 2.34. The van der Waals surface area contributed by atoms with E-state index in [0.717, 1.165) is 18.2 Å². The minimum absolute atomic E-state index is 0.0370. The summed E-state index contributed by atoms with van der Waals surface area (Å²) in [5, 5.41) is 23.8. The summed E-state index contributed by atoms with van der Waals surface area (Å²) >= 11 is 0. The first kappa shape index (κ1) is 18.3. The number of hydrogen-bond acceptors (Lipinski definition) is 6. The van der Waals surface area contributed by atoms with E-state index >= 15 is 0 Å². The lowest BCUT2D eigenvalue weighted by Gasteiger charge is -2.12. The standard InChI is InChI=1S/C17H12N2O7S/c20-15-6-2-3-10-8-13(27(24,25)26)9-14(16(10)15)18-17(21)11-4-1-5-12(7-11)19(22)23/h1-9,20H,(H,18,21)(H,24,25,26). The number of carbonyl (C=O) groups is 1. The normalized spacial score (nSPS) is 11.3. The number of phenolic OH excluding ortho intramolecular Hbond substituents is 1. The zero-order chi connectivity index (χ0) is 19.8. The third-order valence-electron chi connectivity index (χ3n) is 3.79. The molecule has 27 heavy (non-hydrogen) atoms. The number of anilines is 1. The molecule has 0 fully saturated rings. The van der Waals surface area contributed by atoms with E-state index in [9.17, 15) is 33.0 Å². The number of aromatic hydroxyl groups is 1. The van der Waals surface area contributed by atoms with Crippen molar-refractivity contribution in [3.8, 4) is 5.75 Å². The van der Waals surface area contributed by atoms with Crippen LogP contribution in [0.1, 0.15) is 10.4 Å². The number of phenols is 1. The van der Waals surface area contributed by atoms with Gasteiger partial charge in [-0.25, -0.2) is 0 Å². The third kappa shape index (κ3) is 3.71. The number of rotatable bonds is 4. The summed E-state index contributed by atoms with van der Waals surface area (Å²) in [5.41, 5.74) is -0.401. The molecule has 0 saturated carbocycles. The summed E-state index contributed by atoms with van der Waals surface area (Å²) < 4.78 is 32.3. The van der Waals surface area contributed by atoms with Crippen molar-refractivity contribution in [2.24, 2.45) is 0 Å². The highest BCUT2D eigenvalue weighted by atomic mass is 32.2. The van der Waals surface area contributed by atoms with Gasteiger partial charge in [-0.2, -0.15) is 8.42 Å². The number of amides is 1. The van der Waals surface area contributed by atoms with Crippen molar-refractivity contribution in [2.75, 3.05) is 5.32 Å². The van der Waals surface area contributed by atoms with Crippen molar-refractivity contribution < 1.29 is 27.8 Å². The predicted molar refractivity (Wildman–Crippen MR) is 96.5 cm³/mol. The number of fused-ring (bicyclic) bond motifs is 1. The molecule has 138 valence electrons. The molecule has 10 heteroatoms. The van der Waals surface area contributed by atoms with Crippen LogP contribution in [0.3, 0.4) is 0 Å². The van der Waals surface area contributed by atoms with Crippen molar-refractivity contribution in [3.05, 3.63) is 70.3 Å². The Morgan fingerprint density at radius 1 is 1.07 bits per heavy atom. The van der Waals surface area contributed by atoms with Crippen LogP contribution in [0.25, 0.3) is 10.8 Å². The monoisotopic (exact) mass is 388 g/mol. The molecule has 0 heterocycles. The van der Waals surface area contributed by atoms with Crippen molar-refractivity contribution >= 4 is 38.2 Å². The average Bonchev–Trinajstić information content (AvgIpc) is 2.60. The number of carbonyl (C=O) groups excluding carboxylic acids is 1. The van der Waals surface area contributed by atoms with Gasteiger partial charge in [-0.3, -0.25) is 19.5 Å². The number of nitro benzene ring substituents is 1. The van der Waals surface area contributed by atoms with Gasteiger partial charge >= 0.3 is 0 Å². The molecular formula is C17H12N2O7S. The van der Waals surface area contributed by atoms with Gasteiger partial charge in [0.1, 0.15) is 5.75 Å². The maximum atomic E-state index is 12.5. The fourth-order valence-corrected chi connectivity index (χ4v) is 3.13. The molecule has 0 spiro atoms. The Balaban J connectivity index is 2.12. The first-order chi connectivity index (χ1) is 12.7. The van der Waals surface area contributed by atoms with Gasteiger partial charge in [0, 0.05) is 23.1 Å². The second kappa shape index (κ2) is 6.67. The van der Waals surface area contributed by atoms with Gasteiger partial charge < -0.3 is 10.4 Å². The molecule has 0 aliphatic carbocycles. The van der Waals surface area contributed by atoms with E-state index in [-0.39, 0.29) is 33.5 Å². The lowest BCUT2D eigenvalue weighted by molar-refractivity contribution is -0.384. The fourth-order valence-electron chi connectivity index (χ4n) is 2.58. The Kier molecular flexibility index (Phi) is 4.52. The summed E-state index contributed by atoms with van der Waals surface area (Å²) in [6.07, 6.45) is 0.